The van der Waals surface area contributed by atoms with Gasteiger partial charge in [-0.1, -0.05) is 29.8 Å². The summed E-state index contributed by atoms with van der Waals surface area (Å²) in [4.78, 5) is 12.0. The molecule has 0 saturated heterocycles. The van der Waals surface area contributed by atoms with Crippen LogP contribution < -0.4 is 10.0 Å². The summed E-state index contributed by atoms with van der Waals surface area (Å²) in [5, 5.41) is 2.74. The molecule has 1 amide bonds. The van der Waals surface area contributed by atoms with E-state index in [1.54, 1.807) is 30.3 Å². The summed E-state index contributed by atoms with van der Waals surface area (Å²) in [5.41, 5.74) is 0.558. The summed E-state index contributed by atoms with van der Waals surface area (Å²) in [7, 11) is -4.25. The third-order valence-electron chi connectivity index (χ3n) is 3.96. The van der Waals surface area contributed by atoms with Gasteiger partial charge in [0.15, 0.2) is 0 Å². The molecular weight excluding hydrogens is 447 g/mol. The van der Waals surface area contributed by atoms with E-state index in [4.69, 9.17) is 11.6 Å². The number of benzene rings is 2. The van der Waals surface area contributed by atoms with E-state index < -0.39 is 32.7 Å². The standard InChI is InChI=1S/C17H15BrClFN2O3S/c18-12-8-15(14(20)9-13(12)19)26(24,25)22-16(10-6-7-10)17(23)21-11-4-2-1-3-5-11/h1-5,8-10,16,22H,6-7H2,(H,21,23)/t16-/m1/s1. The van der Waals surface area contributed by atoms with Gasteiger partial charge in [0.25, 0.3) is 0 Å². The molecule has 0 unspecified atom stereocenters. The minimum absolute atomic E-state index is 0.0574. The Labute approximate surface area is 164 Å². The van der Waals surface area contributed by atoms with Gasteiger partial charge in [-0.15, -0.1) is 0 Å². The summed E-state index contributed by atoms with van der Waals surface area (Å²) >= 11 is 8.86. The van der Waals surface area contributed by atoms with Crippen LogP contribution in [0.3, 0.4) is 0 Å². The molecule has 1 aliphatic carbocycles. The predicted molar refractivity (Wildman–Crippen MR) is 101 cm³/mol. The summed E-state index contributed by atoms with van der Waals surface area (Å²) < 4.78 is 41.9. The van der Waals surface area contributed by atoms with Gasteiger partial charge in [-0.3, -0.25) is 4.79 Å². The maximum absolute atomic E-state index is 14.1. The number of rotatable bonds is 6. The van der Waals surface area contributed by atoms with Gasteiger partial charge in [-0.2, -0.15) is 4.72 Å². The Morgan fingerprint density at radius 2 is 1.88 bits per heavy atom. The van der Waals surface area contributed by atoms with Crippen molar-refractivity contribution in [3.8, 4) is 0 Å². The number of nitrogens with one attached hydrogen (secondary N) is 2. The number of hydrogen-bond acceptors (Lipinski definition) is 3. The van der Waals surface area contributed by atoms with Crippen molar-refractivity contribution in [1.82, 2.24) is 4.72 Å². The lowest BCUT2D eigenvalue weighted by molar-refractivity contribution is -0.118. The highest BCUT2D eigenvalue weighted by Gasteiger charge is 2.39. The normalized spacial score (nSPS) is 15.5. The molecule has 9 heteroatoms. The lowest BCUT2D eigenvalue weighted by Crippen LogP contribution is -2.45. The fourth-order valence-electron chi connectivity index (χ4n) is 2.48. The Bertz CT molecular complexity index is 937. The molecule has 2 N–H and O–H groups in total. The van der Waals surface area contributed by atoms with E-state index in [-0.39, 0.29) is 15.4 Å². The van der Waals surface area contributed by atoms with Gasteiger partial charge in [0.05, 0.1) is 5.02 Å². The van der Waals surface area contributed by atoms with E-state index in [2.05, 4.69) is 26.0 Å². The molecule has 3 rings (SSSR count). The molecule has 0 aromatic heterocycles. The molecule has 0 spiro atoms. The molecule has 138 valence electrons. The van der Waals surface area contributed by atoms with Crippen molar-refractivity contribution < 1.29 is 17.6 Å². The van der Waals surface area contributed by atoms with Gasteiger partial charge in [0.2, 0.25) is 15.9 Å². The zero-order chi connectivity index (χ0) is 18.9. The maximum Gasteiger partial charge on any atom is 0.244 e. The van der Waals surface area contributed by atoms with Gasteiger partial charge < -0.3 is 5.32 Å². The molecule has 1 saturated carbocycles. The SMILES string of the molecule is O=C(Nc1ccccc1)[C@H](NS(=O)(=O)c1cc(Br)c(Cl)cc1F)C1CC1. The highest BCUT2D eigenvalue weighted by molar-refractivity contribution is 9.10. The Morgan fingerprint density at radius 1 is 1.23 bits per heavy atom. The maximum atomic E-state index is 14.1. The van der Waals surface area contributed by atoms with Gasteiger partial charge in [-0.05, 0) is 59.0 Å². The van der Waals surface area contributed by atoms with Crippen molar-refractivity contribution in [3.63, 3.8) is 0 Å². The predicted octanol–water partition coefficient (Wildman–Crippen LogP) is 3.94. The zero-order valence-corrected chi connectivity index (χ0v) is 16.5. The third-order valence-corrected chi connectivity index (χ3v) is 6.62. The number of anilines is 1. The summed E-state index contributed by atoms with van der Waals surface area (Å²) in [6.45, 7) is 0. The zero-order valence-electron chi connectivity index (χ0n) is 13.4. The highest BCUT2D eigenvalue weighted by atomic mass is 79.9. The molecule has 0 heterocycles. The first-order chi connectivity index (χ1) is 12.3. The third kappa shape index (κ3) is 4.43. The second-order valence-corrected chi connectivity index (χ2v) is 8.93. The van der Waals surface area contributed by atoms with E-state index in [1.165, 1.54) is 0 Å². The lowest BCUT2D eigenvalue weighted by atomic mass is 10.2. The second kappa shape index (κ2) is 7.64. The van der Waals surface area contributed by atoms with E-state index in [0.717, 1.165) is 25.0 Å². The number of hydrogen-bond donors (Lipinski definition) is 2. The molecule has 2 aromatic rings. The largest absolute Gasteiger partial charge is 0.325 e. The van der Waals surface area contributed by atoms with Crippen LogP contribution in [0.5, 0.6) is 0 Å². The minimum atomic E-state index is -4.25. The van der Waals surface area contributed by atoms with Crippen LogP contribution in [0, 0.1) is 11.7 Å². The molecule has 1 fully saturated rings. The Balaban J connectivity index is 1.83. The van der Waals surface area contributed by atoms with Crippen LogP contribution in [0.2, 0.25) is 5.02 Å². The summed E-state index contributed by atoms with van der Waals surface area (Å²) in [6, 6.07) is 9.74. The van der Waals surface area contributed by atoms with Gasteiger partial charge in [-0.25, -0.2) is 12.8 Å². The molecule has 1 atom stereocenters. The molecular formula is C17H15BrClFN2O3S. The fourth-order valence-corrected chi connectivity index (χ4v) is 4.47. The number of sulfonamides is 1. The van der Waals surface area contributed by atoms with Crippen molar-refractivity contribution in [2.24, 2.45) is 5.92 Å². The van der Waals surface area contributed by atoms with Crippen LogP contribution in [-0.2, 0) is 14.8 Å². The average molecular weight is 462 g/mol. The van der Waals surface area contributed by atoms with E-state index >= 15 is 0 Å². The average Bonchev–Trinajstić information content (AvgIpc) is 3.41. The first-order valence-electron chi connectivity index (χ1n) is 7.81. The highest BCUT2D eigenvalue weighted by Crippen LogP contribution is 2.35. The second-order valence-electron chi connectivity index (χ2n) is 5.99. The summed E-state index contributed by atoms with van der Waals surface area (Å²) in [5.74, 6) is -1.58. The number of para-hydroxylation sites is 1. The minimum Gasteiger partial charge on any atom is -0.325 e. The molecule has 0 bridgehead atoms. The number of carbonyl (C=O) groups excluding carboxylic acids is 1. The van der Waals surface area contributed by atoms with Gasteiger partial charge >= 0.3 is 0 Å². The van der Waals surface area contributed by atoms with Crippen LogP contribution in [0.25, 0.3) is 0 Å². The smallest absolute Gasteiger partial charge is 0.244 e. The van der Waals surface area contributed by atoms with Crippen molar-refractivity contribution in [1.29, 1.82) is 0 Å². The first-order valence-corrected chi connectivity index (χ1v) is 10.5. The van der Waals surface area contributed by atoms with Crippen molar-refractivity contribution >= 4 is 49.1 Å². The number of amides is 1. The fraction of sp³-hybridized carbons (Fsp3) is 0.235. The van der Waals surface area contributed by atoms with Crippen molar-refractivity contribution in [3.05, 3.63) is 57.8 Å². The van der Waals surface area contributed by atoms with Crippen molar-refractivity contribution in [2.75, 3.05) is 5.32 Å². The van der Waals surface area contributed by atoms with Crippen molar-refractivity contribution in [2.45, 2.75) is 23.8 Å². The van der Waals surface area contributed by atoms with Gasteiger partial charge in [0.1, 0.15) is 16.8 Å². The molecule has 2 aromatic carbocycles. The first kappa shape index (κ1) is 19.3. The van der Waals surface area contributed by atoms with Gasteiger partial charge in [0, 0.05) is 10.2 Å². The van der Waals surface area contributed by atoms with E-state index in [9.17, 15) is 17.6 Å². The molecule has 5 nitrogen and oxygen atoms in total. The molecule has 26 heavy (non-hydrogen) atoms. The number of carbonyl (C=O) groups is 1. The molecule has 0 radical (unpaired) electrons. The van der Waals surface area contributed by atoms with Crippen LogP contribution in [0.1, 0.15) is 12.8 Å². The molecule has 0 aliphatic heterocycles. The Hall–Kier alpha value is -1.48. The van der Waals surface area contributed by atoms with E-state index in [1.807, 2.05) is 0 Å². The van der Waals surface area contributed by atoms with E-state index in [0.29, 0.717) is 5.69 Å². The van der Waals surface area contributed by atoms with Crippen LogP contribution in [-0.4, -0.2) is 20.4 Å². The summed E-state index contributed by atoms with van der Waals surface area (Å²) in [6.07, 6.45) is 1.45. The molecule has 1 aliphatic rings. The lowest BCUT2D eigenvalue weighted by Gasteiger charge is -2.18. The topological polar surface area (TPSA) is 75.3 Å². The quantitative estimate of drug-likeness (QED) is 0.640. The Morgan fingerprint density at radius 3 is 2.50 bits per heavy atom. The Kier molecular flexibility index (Phi) is 5.67. The van der Waals surface area contributed by atoms with Crippen LogP contribution >= 0.6 is 27.5 Å². The monoisotopic (exact) mass is 460 g/mol. The van der Waals surface area contributed by atoms with Crippen LogP contribution in [0.15, 0.2) is 51.8 Å². The number of halogens is 3. The van der Waals surface area contributed by atoms with Crippen LogP contribution in [0.4, 0.5) is 10.1 Å².